The van der Waals surface area contributed by atoms with Gasteiger partial charge in [-0.15, -0.1) is 0 Å². The molecule has 0 amide bonds. The quantitative estimate of drug-likeness (QED) is 0.470. The van der Waals surface area contributed by atoms with Crippen LogP contribution in [0.15, 0.2) is 60.9 Å². The summed E-state index contributed by atoms with van der Waals surface area (Å²) in [5.41, 5.74) is -0.854. The van der Waals surface area contributed by atoms with Crippen molar-refractivity contribution in [3.8, 4) is 0 Å². The van der Waals surface area contributed by atoms with Gasteiger partial charge in [0.05, 0.1) is 0 Å². The van der Waals surface area contributed by atoms with Crippen molar-refractivity contribution in [2.24, 2.45) is 14.1 Å². The van der Waals surface area contributed by atoms with Gasteiger partial charge < -0.3 is 9.13 Å². The molecule has 0 radical (unpaired) electrons. The van der Waals surface area contributed by atoms with Gasteiger partial charge in [-0.05, 0) is 12.1 Å². The largest absolute Gasteiger partial charge is 0.350 e. The number of benzene rings is 2. The number of hydrogen-bond donors (Lipinski definition) is 0. The van der Waals surface area contributed by atoms with E-state index < -0.39 is 13.6 Å². The first-order valence-corrected chi connectivity index (χ1v) is 9.48. The van der Waals surface area contributed by atoms with Crippen LogP contribution in [0.1, 0.15) is 6.92 Å². The molecule has 0 spiro atoms. The van der Waals surface area contributed by atoms with Crippen LogP contribution < -0.4 is 10.6 Å². The molecule has 4 aromatic rings. The molecular weight excluding hydrogens is 337 g/mol. The third-order valence-electron chi connectivity index (χ3n) is 4.63. The van der Waals surface area contributed by atoms with E-state index in [-0.39, 0.29) is 0 Å². The molecule has 0 aliphatic carbocycles. The fourth-order valence-electron chi connectivity index (χ4n) is 3.55. The van der Waals surface area contributed by atoms with Crippen LogP contribution in [0.3, 0.4) is 0 Å². The summed E-state index contributed by atoms with van der Waals surface area (Å²) in [4.78, 5) is 0. The maximum Gasteiger partial charge on any atom is 0.270 e. The van der Waals surface area contributed by atoms with Gasteiger partial charge >= 0.3 is 0 Å². The Bertz CT molecular complexity index is 992. The molecule has 0 unspecified atom stereocenters. The Kier molecular flexibility index (Phi) is 3.69. The van der Waals surface area contributed by atoms with E-state index in [1.165, 1.54) is 0 Å². The van der Waals surface area contributed by atoms with Crippen LogP contribution in [-0.2, 0) is 14.1 Å². The van der Waals surface area contributed by atoms with E-state index in [1.54, 1.807) is 0 Å². The van der Waals surface area contributed by atoms with Crippen molar-refractivity contribution in [2.75, 3.05) is 0 Å². The van der Waals surface area contributed by atoms with E-state index >= 15 is 0 Å². The normalized spacial score (nSPS) is 12.6. The van der Waals surface area contributed by atoms with E-state index in [2.05, 4.69) is 0 Å². The van der Waals surface area contributed by atoms with Crippen LogP contribution in [0.4, 0.5) is 8.78 Å². The van der Waals surface area contributed by atoms with Gasteiger partial charge in [0.25, 0.3) is 5.66 Å². The van der Waals surface area contributed by atoms with Crippen molar-refractivity contribution in [3.05, 3.63) is 60.9 Å². The highest BCUT2D eigenvalue weighted by Crippen LogP contribution is 2.52. The molecule has 0 bridgehead atoms. The monoisotopic (exact) mass is 356 g/mol. The zero-order valence-corrected chi connectivity index (χ0v) is 15.3. The lowest BCUT2D eigenvalue weighted by Gasteiger charge is -2.23. The topological polar surface area (TPSA) is 9.86 Å². The molecule has 4 rings (SSSR count). The fraction of sp³-hybridized carbons (Fsp3) is 0.200. The third-order valence-corrected chi connectivity index (χ3v) is 7.09. The van der Waals surface area contributed by atoms with E-state index in [0.29, 0.717) is 0 Å². The summed E-state index contributed by atoms with van der Waals surface area (Å²) in [6.45, 7) is 1.04. The molecule has 2 aromatic carbocycles. The van der Waals surface area contributed by atoms with Crippen molar-refractivity contribution in [1.82, 2.24) is 9.13 Å². The Hall–Kier alpha value is -2.19. The molecule has 2 heterocycles. The summed E-state index contributed by atoms with van der Waals surface area (Å²) in [5.74, 6) is 0. The van der Waals surface area contributed by atoms with Crippen molar-refractivity contribution < 1.29 is 8.78 Å². The molecule has 0 aliphatic rings. The second-order valence-electron chi connectivity index (χ2n) is 6.46. The SMILES string of the molecule is Cn1cc(P(c2cn(C)c3ccccc23)C(C)(F)F)c2ccccc21. The molecule has 2 nitrogen and oxygen atoms in total. The molecule has 5 heteroatoms. The number of fused-ring (bicyclic) bond motifs is 2. The van der Waals surface area contributed by atoms with Crippen LogP contribution in [0.5, 0.6) is 0 Å². The Labute approximate surface area is 146 Å². The van der Waals surface area contributed by atoms with Crippen LogP contribution in [-0.4, -0.2) is 14.8 Å². The molecule has 0 fully saturated rings. The first-order valence-electron chi connectivity index (χ1n) is 8.14. The van der Waals surface area contributed by atoms with Gasteiger partial charge in [-0.3, -0.25) is 0 Å². The standard InChI is InChI=1S/C20H19F2N2P/c1-20(21,22)25(18-12-23(2)16-10-6-4-8-14(16)18)19-13-24(3)17-11-7-5-9-15(17)19/h4-13H,1-3H3. The zero-order valence-electron chi connectivity index (χ0n) is 14.4. The van der Waals surface area contributed by atoms with Gasteiger partial charge in [0.2, 0.25) is 0 Å². The van der Waals surface area contributed by atoms with Crippen LogP contribution >= 0.6 is 7.92 Å². The molecule has 0 atom stereocenters. The Morgan fingerprint density at radius 2 is 1.16 bits per heavy atom. The number of aromatic nitrogens is 2. The van der Waals surface area contributed by atoms with Crippen molar-refractivity contribution in [2.45, 2.75) is 12.6 Å². The summed E-state index contributed by atoms with van der Waals surface area (Å²) in [6, 6.07) is 15.5. The zero-order chi connectivity index (χ0) is 17.8. The first-order chi connectivity index (χ1) is 11.9. The van der Waals surface area contributed by atoms with Gasteiger partial charge in [0, 0.05) is 73.7 Å². The van der Waals surface area contributed by atoms with E-state index in [1.807, 2.05) is 84.2 Å². The van der Waals surface area contributed by atoms with E-state index in [0.717, 1.165) is 39.3 Å². The number of nitrogens with zero attached hydrogens (tertiary/aromatic N) is 2. The molecular formula is C20H19F2N2P. The first kappa shape index (κ1) is 16.3. The van der Waals surface area contributed by atoms with E-state index in [9.17, 15) is 8.78 Å². The average Bonchev–Trinajstić information content (AvgIpc) is 3.06. The maximum atomic E-state index is 14.8. The number of alkyl halides is 2. The van der Waals surface area contributed by atoms with Gasteiger partial charge in [0.15, 0.2) is 0 Å². The van der Waals surface area contributed by atoms with Gasteiger partial charge in [-0.25, -0.2) is 8.78 Å². The molecule has 128 valence electrons. The number of rotatable bonds is 3. The smallest absolute Gasteiger partial charge is 0.270 e. The predicted octanol–water partition coefficient (Wildman–Crippen LogP) is 4.72. The fourth-order valence-corrected chi connectivity index (χ4v) is 6.09. The molecule has 2 aromatic heterocycles. The second kappa shape index (κ2) is 5.67. The summed E-state index contributed by atoms with van der Waals surface area (Å²) >= 11 is 0. The number of aryl methyl sites for hydroxylation is 2. The van der Waals surface area contributed by atoms with Crippen molar-refractivity contribution in [1.29, 1.82) is 0 Å². The maximum absolute atomic E-state index is 14.8. The summed E-state index contributed by atoms with van der Waals surface area (Å²) in [7, 11) is 2.00. The minimum absolute atomic E-state index is 0.733. The summed E-state index contributed by atoms with van der Waals surface area (Å²) < 4.78 is 33.6. The number of hydrogen-bond acceptors (Lipinski definition) is 0. The van der Waals surface area contributed by atoms with Crippen molar-refractivity contribution in [3.63, 3.8) is 0 Å². The van der Waals surface area contributed by atoms with Gasteiger partial charge in [-0.2, -0.15) is 0 Å². The molecule has 0 aliphatic heterocycles. The minimum Gasteiger partial charge on any atom is -0.350 e. The van der Waals surface area contributed by atoms with Crippen LogP contribution in [0, 0.1) is 0 Å². The van der Waals surface area contributed by atoms with Gasteiger partial charge in [0.1, 0.15) is 0 Å². The summed E-state index contributed by atoms with van der Waals surface area (Å²) in [6.07, 6.45) is 3.74. The highest BCUT2D eigenvalue weighted by Gasteiger charge is 2.39. The van der Waals surface area contributed by atoms with Crippen LogP contribution in [0.2, 0.25) is 0 Å². The Morgan fingerprint density at radius 3 is 1.56 bits per heavy atom. The second-order valence-corrected chi connectivity index (χ2v) is 8.88. The molecule has 0 saturated carbocycles. The highest BCUT2D eigenvalue weighted by atomic mass is 31.1. The molecule has 0 N–H and O–H groups in total. The van der Waals surface area contributed by atoms with Crippen molar-refractivity contribution >= 4 is 40.3 Å². The lowest BCUT2D eigenvalue weighted by Crippen LogP contribution is -2.23. The Morgan fingerprint density at radius 1 is 0.760 bits per heavy atom. The highest BCUT2D eigenvalue weighted by molar-refractivity contribution is 7.75. The average molecular weight is 356 g/mol. The van der Waals surface area contributed by atoms with Gasteiger partial charge in [-0.1, -0.05) is 36.4 Å². The Balaban J connectivity index is 2.04. The number of halogens is 2. The summed E-state index contributed by atoms with van der Waals surface area (Å²) in [5, 5.41) is 3.28. The molecule has 0 saturated heterocycles. The minimum atomic E-state index is -2.82. The molecule has 25 heavy (non-hydrogen) atoms. The third kappa shape index (κ3) is 2.56. The number of para-hydroxylation sites is 2. The van der Waals surface area contributed by atoms with Crippen LogP contribution in [0.25, 0.3) is 21.8 Å². The lowest BCUT2D eigenvalue weighted by molar-refractivity contribution is 0.123. The predicted molar refractivity (Wildman–Crippen MR) is 103 cm³/mol. The van der Waals surface area contributed by atoms with E-state index in [4.69, 9.17) is 0 Å². The lowest BCUT2D eigenvalue weighted by atomic mass is 10.2.